The number of rotatable bonds is 5. The second kappa shape index (κ2) is 10.2. The van der Waals surface area contributed by atoms with E-state index in [0.29, 0.717) is 0 Å². The molecule has 4 unspecified atom stereocenters. The Bertz CT molecular complexity index is 1410. The van der Waals surface area contributed by atoms with Crippen LogP contribution in [0.5, 0.6) is 17.2 Å². The van der Waals surface area contributed by atoms with Gasteiger partial charge in [0.25, 0.3) is 0 Å². The van der Waals surface area contributed by atoms with Crippen LogP contribution >= 0.6 is 0 Å². The molecule has 1 aliphatic heterocycles. The fourth-order valence-electron chi connectivity index (χ4n) is 6.04. The third-order valence-corrected chi connectivity index (χ3v) is 8.10. The van der Waals surface area contributed by atoms with Crippen LogP contribution in [0.15, 0.2) is 23.2 Å². The van der Waals surface area contributed by atoms with Gasteiger partial charge in [-0.05, 0) is 13.0 Å². The first-order valence-corrected chi connectivity index (χ1v) is 12.9. The van der Waals surface area contributed by atoms with E-state index in [1.54, 1.807) is 6.92 Å². The van der Waals surface area contributed by atoms with Crippen LogP contribution in [0.3, 0.4) is 0 Å². The number of aliphatic hydroxyl groups excluding tert-OH is 2. The van der Waals surface area contributed by atoms with Crippen LogP contribution in [0.4, 0.5) is 0 Å². The number of nitrogens with zero attached hydrogens (tertiary/aromatic N) is 1. The number of fused-ring (bicyclic) bond motifs is 3. The first-order valence-electron chi connectivity index (χ1n) is 12.9. The summed E-state index contributed by atoms with van der Waals surface area (Å²) in [5.74, 6) is -2.49. The molecular weight excluding hydrogens is 524 g/mol. The van der Waals surface area contributed by atoms with Gasteiger partial charge in [0.2, 0.25) is 5.78 Å². The van der Waals surface area contributed by atoms with Crippen molar-refractivity contribution in [1.82, 2.24) is 0 Å². The summed E-state index contributed by atoms with van der Waals surface area (Å²) in [7, 11) is 2.73. The van der Waals surface area contributed by atoms with E-state index in [2.05, 4.69) is 4.99 Å². The number of hydrogen-bond acceptors (Lipinski definition) is 12. The van der Waals surface area contributed by atoms with E-state index in [4.69, 9.17) is 19.9 Å². The Morgan fingerprint density at radius 2 is 1.88 bits per heavy atom. The molecule has 1 heterocycles. The first kappa shape index (κ1) is 28.1. The lowest BCUT2D eigenvalue weighted by Gasteiger charge is -2.43. The fraction of sp³-hybridized carbons (Fsp3) is 0.464. The lowest BCUT2D eigenvalue weighted by Crippen LogP contribution is -2.53. The fourth-order valence-corrected chi connectivity index (χ4v) is 6.04. The lowest BCUT2D eigenvalue weighted by molar-refractivity contribution is -0.245. The number of nitrogens with two attached hydrogens (primary N) is 1. The Morgan fingerprint density at radius 3 is 2.50 bits per heavy atom. The number of ketones is 2. The van der Waals surface area contributed by atoms with Crippen molar-refractivity contribution in [3.05, 3.63) is 51.6 Å². The molecule has 0 spiro atoms. The molecule has 0 radical (unpaired) electrons. The smallest absolute Gasteiger partial charge is 0.202 e. The number of ether oxygens (including phenoxy) is 3. The highest BCUT2D eigenvalue weighted by Gasteiger charge is 2.49. The molecule has 1 saturated heterocycles. The second-order valence-corrected chi connectivity index (χ2v) is 10.4. The van der Waals surface area contributed by atoms with E-state index in [-0.39, 0.29) is 53.0 Å². The van der Waals surface area contributed by atoms with Crippen molar-refractivity contribution in [2.75, 3.05) is 20.8 Å². The summed E-state index contributed by atoms with van der Waals surface area (Å²) < 4.78 is 17.3. The van der Waals surface area contributed by atoms with E-state index < -0.39 is 77.0 Å². The minimum Gasteiger partial charge on any atom is -0.507 e. The highest BCUT2D eigenvalue weighted by molar-refractivity contribution is 6.31. The number of aliphatic imine (C=N–C) groups is 1. The van der Waals surface area contributed by atoms with Gasteiger partial charge in [-0.1, -0.05) is 12.1 Å². The van der Waals surface area contributed by atoms with Gasteiger partial charge in [0.15, 0.2) is 12.1 Å². The first-order chi connectivity index (χ1) is 19.0. The van der Waals surface area contributed by atoms with Crippen molar-refractivity contribution in [3.8, 4) is 17.2 Å². The Labute approximate surface area is 229 Å². The Hall–Kier alpha value is -3.39. The van der Waals surface area contributed by atoms with Crippen molar-refractivity contribution >= 4 is 17.3 Å². The van der Waals surface area contributed by atoms with Crippen molar-refractivity contribution in [2.45, 2.75) is 62.4 Å². The van der Waals surface area contributed by atoms with E-state index in [9.17, 15) is 35.1 Å². The largest absolute Gasteiger partial charge is 0.507 e. The molecule has 3 aliphatic rings. The predicted molar refractivity (Wildman–Crippen MR) is 140 cm³/mol. The molecule has 7 N–H and O–H groups in total. The van der Waals surface area contributed by atoms with Crippen LogP contribution in [0.1, 0.15) is 68.8 Å². The Balaban J connectivity index is 1.70. The number of methoxy groups -OCH3 is 1. The normalized spacial score (nSPS) is 30.0. The molecule has 0 bridgehead atoms. The molecule has 6 atom stereocenters. The monoisotopic (exact) mass is 556 g/mol. The zero-order valence-electron chi connectivity index (χ0n) is 22.2. The number of carbonyl (C=O) groups excluding carboxylic acids is 2. The van der Waals surface area contributed by atoms with Gasteiger partial charge in [-0.2, -0.15) is 0 Å². The molecule has 40 heavy (non-hydrogen) atoms. The van der Waals surface area contributed by atoms with Gasteiger partial charge in [-0.3, -0.25) is 14.6 Å². The van der Waals surface area contributed by atoms with Crippen molar-refractivity contribution in [3.63, 3.8) is 0 Å². The number of phenols is 2. The summed E-state index contributed by atoms with van der Waals surface area (Å²) >= 11 is 0. The highest BCUT2D eigenvalue weighted by Crippen LogP contribution is 2.52. The standard InChI is InChI=1S/C28H32N2O10/c1-11-23(32)14(29)7-18(39-11)40-16-9-28(37,17(10-31)30-2)8-13-20(16)27(36)22-21(25(13)34)24(33)12-5-4-6-15(38-3)19(12)26(22)35/h4-6,11,14,16,18,23,31-32,34,36-37H,7-10,29H2,1-3H3/t11?,14?,16-,18?,23?,28-/m0/s1. The maximum absolute atomic E-state index is 13.7. The summed E-state index contributed by atoms with van der Waals surface area (Å²) in [4.78, 5) is 31.3. The van der Waals surface area contributed by atoms with E-state index >= 15 is 0 Å². The zero-order valence-corrected chi connectivity index (χ0v) is 22.2. The number of benzene rings is 2. The third-order valence-electron chi connectivity index (χ3n) is 8.10. The summed E-state index contributed by atoms with van der Waals surface area (Å²) in [6, 6.07) is 3.78. The predicted octanol–water partition coefficient (Wildman–Crippen LogP) is 0.503. The second-order valence-electron chi connectivity index (χ2n) is 10.4. The molecule has 12 nitrogen and oxygen atoms in total. The number of aliphatic hydroxyl groups is 3. The molecule has 2 aromatic rings. The summed E-state index contributed by atoms with van der Waals surface area (Å²) in [6.45, 7) is 1.01. The molecule has 214 valence electrons. The lowest BCUT2D eigenvalue weighted by atomic mass is 9.71. The van der Waals surface area contributed by atoms with Gasteiger partial charge in [0.1, 0.15) is 22.8 Å². The highest BCUT2D eigenvalue weighted by atomic mass is 16.7. The summed E-state index contributed by atoms with van der Waals surface area (Å²) in [6.07, 6.45) is -4.32. The summed E-state index contributed by atoms with van der Waals surface area (Å²) in [5, 5.41) is 54.8. The molecular formula is C28H32N2O10. The maximum Gasteiger partial charge on any atom is 0.202 e. The van der Waals surface area contributed by atoms with Gasteiger partial charge < -0.3 is 45.5 Å². The molecule has 2 aliphatic carbocycles. The number of hydrogen-bond donors (Lipinski definition) is 6. The minimum atomic E-state index is -1.84. The van der Waals surface area contributed by atoms with Gasteiger partial charge in [-0.25, -0.2) is 0 Å². The Kier molecular flexibility index (Phi) is 7.19. The minimum absolute atomic E-state index is 0.00585. The third kappa shape index (κ3) is 4.19. The van der Waals surface area contributed by atoms with Crippen LogP contribution in [0.2, 0.25) is 0 Å². The molecule has 2 aromatic carbocycles. The molecule has 0 aromatic heterocycles. The van der Waals surface area contributed by atoms with Crippen LogP contribution in [-0.4, -0.2) is 93.7 Å². The van der Waals surface area contributed by atoms with Gasteiger partial charge in [0, 0.05) is 49.0 Å². The average Bonchev–Trinajstić information content (AvgIpc) is 2.92. The average molecular weight is 557 g/mol. The van der Waals surface area contributed by atoms with Crippen molar-refractivity contribution < 1.29 is 49.3 Å². The number of aromatic hydroxyl groups is 2. The maximum atomic E-state index is 13.7. The zero-order chi connectivity index (χ0) is 29.1. The van der Waals surface area contributed by atoms with Gasteiger partial charge >= 0.3 is 0 Å². The van der Waals surface area contributed by atoms with E-state index in [1.165, 1.54) is 32.4 Å². The van der Waals surface area contributed by atoms with Crippen LogP contribution in [-0.2, 0) is 15.9 Å². The van der Waals surface area contributed by atoms with Gasteiger partial charge in [-0.15, -0.1) is 0 Å². The van der Waals surface area contributed by atoms with Gasteiger partial charge in [0.05, 0.1) is 54.4 Å². The quantitative estimate of drug-likeness (QED) is 0.189. The van der Waals surface area contributed by atoms with Crippen molar-refractivity contribution in [2.24, 2.45) is 10.7 Å². The topological polar surface area (TPSA) is 201 Å². The molecule has 1 fully saturated rings. The van der Waals surface area contributed by atoms with Crippen LogP contribution in [0.25, 0.3) is 0 Å². The molecule has 0 saturated carbocycles. The van der Waals surface area contributed by atoms with Crippen LogP contribution < -0.4 is 10.5 Å². The van der Waals surface area contributed by atoms with Crippen molar-refractivity contribution in [1.29, 1.82) is 0 Å². The summed E-state index contributed by atoms with van der Waals surface area (Å²) in [5.41, 5.74) is 3.29. The number of carbonyl (C=O) groups is 2. The molecule has 0 amide bonds. The Morgan fingerprint density at radius 1 is 1.18 bits per heavy atom. The van der Waals surface area contributed by atoms with E-state index in [1.807, 2.05) is 0 Å². The van der Waals surface area contributed by atoms with Crippen LogP contribution in [0, 0.1) is 0 Å². The molecule has 12 heteroatoms. The molecule has 5 rings (SSSR count). The number of phenolic OH excluding ortho intramolecular Hbond substituents is 2. The van der Waals surface area contributed by atoms with E-state index in [0.717, 1.165) is 0 Å². The SMILES string of the molecule is CN=C(CO)[C@]1(O)Cc2c(O)c3c(c(O)c2[C@@H](OC2CC(N)C(O)C(C)O2)C1)C(=O)c1c(OC)cccc1C3=O.